The van der Waals surface area contributed by atoms with Crippen molar-refractivity contribution in [1.82, 2.24) is 9.80 Å². The second kappa shape index (κ2) is 9.17. The topological polar surface area (TPSA) is 44.8 Å². The zero-order valence-electron chi connectivity index (χ0n) is 16.7. The fourth-order valence-electron chi connectivity index (χ4n) is 3.28. The highest BCUT2D eigenvalue weighted by Gasteiger charge is 2.17. The van der Waals surface area contributed by atoms with Crippen LogP contribution < -0.4 is 10.1 Å². The molecular weight excluding hydrogens is 370 g/mol. The maximum absolute atomic E-state index is 12.1. The Hall–Kier alpha value is -2.44. The quantitative estimate of drug-likeness (QED) is 0.785. The summed E-state index contributed by atoms with van der Waals surface area (Å²) in [6.45, 7) is 7.93. The van der Waals surface area contributed by atoms with Crippen LogP contribution in [0.3, 0.4) is 0 Å². The van der Waals surface area contributed by atoms with E-state index in [2.05, 4.69) is 28.2 Å². The van der Waals surface area contributed by atoms with Gasteiger partial charge in [-0.1, -0.05) is 18.3 Å². The summed E-state index contributed by atoms with van der Waals surface area (Å²) >= 11 is 5.62. The standard InChI is InChI=1S/C22H27N3O2S/c1-16-12-17(2)14-19(13-16)23-21(26)15-27-20-6-4-18(5-7-20)22(28)25-10-8-24(3)9-11-25/h4-7,12-14H,8-11,15H2,1-3H3,(H,23,26). The number of amides is 1. The van der Waals surface area contributed by atoms with E-state index in [4.69, 9.17) is 17.0 Å². The van der Waals surface area contributed by atoms with Gasteiger partial charge in [0.15, 0.2) is 6.61 Å². The number of rotatable bonds is 5. The number of anilines is 1. The lowest BCUT2D eigenvalue weighted by atomic mass is 10.1. The van der Waals surface area contributed by atoms with Crippen molar-refractivity contribution in [3.63, 3.8) is 0 Å². The molecule has 0 unspecified atom stereocenters. The van der Waals surface area contributed by atoms with E-state index in [-0.39, 0.29) is 12.5 Å². The number of likely N-dealkylation sites (N-methyl/N-ethyl adjacent to an activating group) is 1. The van der Waals surface area contributed by atoms with Gasteiger partial charge >= 0.3 is 0 Å². The van der Waals surface area contributed by atoms with E-state index in [0.717, 1.165) is 53.5 Å². The molecule has 0 aliphatic carbocycles. The third-order valence-electron chi connectivity index (χ3n) is 4.77. The summed E-state index contributed by atoms with van der Waals surface area (Å²) in [5.41, 5.74) is 4.02. The maximum atomic E-state index is 12.1. The van der Waals surface area contributed by atoms with Crippen molar-refractivity contribution < 1.29 is 9.53 Å². The number of ether oxygens (including phenoxy) is 1. The number of nitrogens with zero attached hydrogens (tertiary/aromatic N) is 2. The van der Waals surface area contributed by atoms with Crippen LogP contribution in [0.1, 0.15) is 16.7 Å². The van der Waals surface area contributed by atoms with Crippen LogP contribution >= 0.6 is 12.2 Å². The molecule has 1 aliphatic rings. The maximum Gasteiger partial charge on any atom is 0.262 e. The molecule has 148 valence electrons. The van der Waals surface area contributed by atoms with E-state index in [0.29, 0.717) is 5.75 Å². The van der Waals surface area contributed by atoms with Gasteiger partial charge in [-0.3, -0.25) is 4.79 Å². The number of aryl methyl sites for hydroxylation is 2. The van der Waals surface area contributed by atoms with Gasteiger partial charge in [-0.2, -0.15) is 0 Å². The minimum Gasteiger partial charge on any atom is -0.484 e. The van der Waals surface area contributed by atoms with Gasteiger partial charge in [-0.15, -0.1) is 0 Å². The molecule has 0 saturated carbocycles. The van der Waals surface area contributed by atoms with Gasteiger partial charge in [0.2, 0.25) is 0 Å². The first-order valence-corrected chi connectivity index (χ1v) is 9.90. The number of thiocarbonyl (C=S) groups is 1. The van der Waals surface area contributed by atoms with Crippen molar-refractivity contribution in [2.45, 2.75) is 13.8 Å². The molecule has 1 N–H and O–H groups in total. The summed E-state index contributed by atoms with van der Waals surface area (Å²) in [5, 5.41) is 2.87. The Morgan fingerprint density at radius 1 is 1.04 bits per heavy atom. The lowest BCUT2D eigenvalue weighted by molar-refractivity contribution is -0.118. The number of carbonyl (C=O) groups is 1. The highest BCUT2D eigenvalue weighted by atomic mass is 32.1. The predicted molar refractivity (Wildman–Crippen MR) is 117 cm³/mol. The van der Waals surface area contributed by atoms with Crippen LogP contribution in [0, 0.1) is 13.8 Å². The molecule has 2 aromatic carbocycles. The van der Waals surface area contributed by atoms with E-state index in [9.17, 15) is 4.79 Å². The fraction of sp³-hybridized carbons (Fsp3) is 0.364. The molecule has 3 rings (SSSR count). The van der Waals surface area contributed by atoms with E-state index >= 15 is 0 Å². The van der Waals surface area contributed by atoms with Crippen molar-refractivity contribution in [3.05, 3.63) is 59.2 Å². The number of benzene rings is 2. The zero-order valence-corrected chi connectivity index (χ0v) is 17.5. The Morgan fingerprint density at radius 2 is 1.64 bits per heavy atom. The van der Waals surface area contributed by atoms with Crippen LogP contribution in [0.5, 0.6) is 5.75 Å². The van der Waals surface area contributed by atoms with Crippen LogP contribution in [-0.2, 0) is 4.79 Å². The summed E-state index contributed by atoms with van der Waals surface area (Å²) in [6, 6.07) is 13.6. The molecular formula is C22H27N3O2S. The van der Waals surface area contributed by atoms with Crippen molar-refractivity contribution in [3.8, 4) is 5.75 Å². The molecule has 1 fully saturated rings. The SMILES string of the molecule is Cc1cc(C)cc(NC(=O)COc2ccc(C(=S)N3CCN(C)CC3)cc2)c1. The lowest BCUT2D eigenvalue weighted by Crippen LogP contribution is -2.46. The van der Waals surface area contributed by atoms with Crippen molar-refractivity contribution in [2.24, 2.45) is 0 Å². The lowest BCUT2D eigenvalue weighted by Gasteiger charge is -2.34. The molecule has 5 nitrogen and oxygen atoms in total. The number of nitrogens with one attached hydrogen (secondary N) is 1. The Balaban J connectivity index is 1.51. The van der Waals surface area contributed by atoms with E-state index in [1.165, 1.54) is 0 Å². The Bertz CT molecular complexity index is 823. The number of carbonyl (C=O) groups excluding carboxylic acids is 1. The molecule has 28 heavy (non-hydrogen) atoms. The third-order valence-corrected chi connectivity index (χ3v) is 5.26. The van der Waals surface area contributed by atoms with Gasteiger partial charge in [0, 0.05) is 37.4 Å². The fourth-order valence-corrected chi connectivity index (χ4v) is 3.60. The average molecular weight is 398 g/mol. The van der Waals surface area contributed by atoms with E-state index in [1.807, 2.05) is 50.2 Å². The molecule has 0 radical (unpaired) electrons. The van der Waals surface area contributed by atoms with Crippen LogP contribution in [-0.4, -0.2) is 60.5 Å². The van der Waals surface area contributed by atoms with E-state index in [1.54, 1.807) is 0 Å². The van der Waals surface area contributed by atoms with Crippen LogP contribution in [0.4, 0.5) is 5.69 Å². The Morgan fingerprint density at radius 3 is 2.25 bits per heavy atom. The summed E-state index contributed by atoms with van der Waals surface area (Å²) in [4.78, 5) is 17.6. The molecule has 0 bridgehead atoms. The van der Waals surface area contributed by atoms with Crippen molar-refractivity contribution >= 4 is 28.8 Å². The van der Waals surface area contributed by atoms with Gasteiger partial charge < -0.3 is 19.9 Å². The second-order valence-corrected chi connectivity index (χ2v) is 7.72. The van der Waals surface area contributed by atoms with Crippen LogP contribution in [0.2, 0.25) is 0 Å². The van der Waals surface area contributed by atoms with Crippen molar-refractivity contribution in [1.29, 1.82) is 0 Å². The third kappa shape index (κ3) is 5.53. The molecule has 1 heterocycles. The first kappa shape index (κ1) is 20.3. The van der Waals surface area contributed by atoms with Gasteiger partial charge in [0.25, 0.3) is 5.91 Å². The number of hydrogen-bond donors (Lipinski definition) is 1. The highest BCUT2D eigenvalue weighted by Crippen LogP contribution is 2.16. The minimum absolute atomic E-state index is 0.0325. The first-order chi connectivity index (χ1) is 13.4. The molecule has 0 spiro atoms. The Kier molecular flexibility index (Phi) is 6.65. The monoisotopic (exact) mass is 397 g/mol. The smallest absolute Gasteiger partial charge is 0.262 e. The van der Waals surface area contributed by atoms with Crippen molar-refractivity contribution in [2.75, 3.05) is 45.2 Å². The van der Waals surface area contributed by atoms with Gasteiger partial charge in [-0.05, 0) is 68.4 Å². The zero-order chi connectivity index (χ0) is 20.1. The van der Waals surface area contributed by atoms with Crippen LogP contribution in [0.25, 0.3) is 0 Å². The van der Waals surface area contributed by atoms with Crippen LogP contribution in [0.15, 0.2) is 42.5 Å². The largest absolute Gasteiger partial charge is 0.484 e. The molecule has 0 atom stereocenters. The van der Waals surface area contributed by atoms with Gasteiger partial charge in [0.05, 0.1) is 0 Å². The summed E-state index contributed by atoms with van der Waals surface area (Å²) < 4.78 is 5.62. The molecule has 6 heteroatoms. The second-order valence-electron chi connectivity index (χ2n) is 7.33. The number of hydrogen-bond acceptors (Lipinski definition) is 4. The minimum atomic E-state index is -0.179. The average Bonchev–Trinajstić information content (AvgIpc) is 2.66. The molecule has 1 amide bonds. The summed E-state index contributed by atoms with van der Waals surface area (Å²) in [5.74, 6) is 0.475. The molecule has 2 aromatic rings. The number of piperazine rings is 1. The van der Waals surface area contributed by atoms with E-state index < -0.39 is 0 Å². The molecule has 1 saturated heterocycles. The van der Waals surface area contributed by atoms with Gasteiger partial charge in [0.1, 0.15) is 10.7 Å². The summed E-state index contributed by atoms with van der Waals surface area (Å²) in [6.07, 6.45) is 0. The predicted octanol–water partition coefficient (Wildman–Crippen LogP) is 3.24. The normalized spacial score (nSPS) is 14.6. The van der Waals surface area contributed by atoms with Gasteiger partial charge in [-0.25, -0.2) is 0 Å². The Labute approximate surface area is 172 Å². The summed E-state index contributed by atoms with van der Waals surface area (Å²) in [7, 11) is 2.13. The molecule has 0 aromatic heterocycles. The first-order valence-electron chi connectivity index (χ1n) is 9.49. The molecule has 1 aliphatic heterocycles. The highest BCUT2D eigenvalue weighted by molar-refractivity contribution is 7.80.